The van der Waals surface area contributed by atoms with Crippen molar-refractivity contribution in [1.29, 1.82) is 0 Å². The van der Waals surface area contributed by atoms with Gasteiger partial charge in [-0.05, 0) is 29.0 Å². The number of hydrogen-bond acceptors (Lipinski definition) is 7. The van der Waals surface area contributed by atoms with E-state index >= 15 is 0 Å². The lowest BCUT2D eigenvalue weighted by molar-refractivity contribution is -0.192. The molecule has 3 aromatic rings. The highest BCUT2D eigenvalue weighted by molar-refractivity contribution is 7.10. The normalized spacial score (nSPS) is 10.6. The van der Waals surface area contributed by atoms with Crippen molar-refractivity contribution >= 4 is 40.4 Å². The summed E-state index contributed by atoms with van der Waals surface area (Å²) in [5.41, 5.74) is 0. The van der Waals surface area contributed by atoms with Gasteiger partial charge in [0.25, 0.3) is 0 Å². The summed E-state index contributed by atoms with van der Waals surface area (Å²) in [5.74, 6) is -1.27. The molecule has 3 N–H and O–H groups in total. The van der Waals surface area contributed by atoms with Crippen molar-refractivity contribution in [2.45, 2.75) is 19.3 Å². The van der Waals surface area contributed by atoms with Gasteiger partial charge in [0, 0.05) is 16.0 Å². The van der Waals surface area contributed by atoms with E-state index in [2.05, 4.69) is 49.6 Å². The molecule has 3 heterocycles. The number of carbonyl (C=O) groups is 1. The number of thiophene rings is 2. The number of carboxylic acids is 1. The van der Waals surface area contributed by atoms with Crippen molar-refractivity contribution < 1.29 is 23.1 Å². The molecular formula is C16H15F3N4O2S2. The van der Waals surface area contributed by atoms with Crippen molar-refractivity contribution in [2.75, 3.05) is 10.6 Å². The van der Waals surface area contributed by atoms with Crippen molar-refractivity contribution in [1.82, 2.24) is 9.97 Å². The van der Waals surface area contributed by atoms with Gasteiger partial charge in [0.15, 0.2) is 0 Å². The van der Waals surface area contributed by atoms with Gasteiger partial charge >= 0.3 is 12.1 Å². The first-order valence-electron chi connectivity index (χ1n) is 7.50. The molecule has 0 amide bonds. The molecule has 0 saturated carbocycles. The molecule has 0 aromatic carbocycles. The predicted molar refractivity (Wildman–Crippen MR) is 99.0 cm³/mol. The van der Waals surface area contributed by atoms with Crippen LogP contribution in [0, 0.1) is 0 Å². The summed E-state index contributed by atoms with van der Waals surface area (Å²) in [4.78, 5) is 20.1. The summed E-state index contributed by atoms with van der Waals surface area (Å²) in [6.07, 6.45) is -3.32. The molecular weight excluding hydrogens is 401 g/mol. The molecule has 0 unspecified atom stereocenters. The molecule has 144 valence electrons. The molecule has 11 heteroatoms. The number of aromatic nitrogens is 2. The van der Waals surface area contributed by atoms with Crippen molar-refractivity contribution in [3.63, 3.8) is 0 Å². The molecule has 0 atom stereocenters. The summed E-state index contributed by atoms with van der Waals surface area (Å²) in [5, 5.41) is 17.8. The lowest BCUT2D eigenvalue weighted by Crippen LogP contribution is -2.21. The van der Waals surface area contributed by atoms with Crippen LogP contribution in [-0.2, 0) is 17.9 Å². The van der Waals surface area contributed by atoms with Crippen LogP contribution in [0.4, 0.5) is 24.9 Å². The van der Waals surface area contributed by atoms with Crippen LogP contribution in [0.3, 0.4) is 0 Å². The third kappa shape index (κ3) is 7.62. The minimum atomic E-state index is -5.08. The van der Waals surface area contributed by atoms with Gasteiger partial charge in [-0.3, -0.25) is 0 Å². The van der Waals surface area contributed by atoms with Crippen LogP contribution < -0.4 is 10.6 Å². The minimum Gasteiger partial charge on any atom is -0.475 e. The fourth-order valence-electron chi connectivity index (χ4n) is 1.71. The first-order valence-corrected chi connectivity index (χ1v) is 9.26. The minimum absolute atomic E-state index is 0.648. The van der Waals surface area contributed by atoms with E-state index < -0.39 is 12.1 Å². The zero-order chi connectivity index (χ0) is 19.7. The second kappa shape index (κ2) is 9.88. The standard InChI is InChI=1S/C14H14N4S2.C2HF3O2/c1-3-11(19-7-1)9-16-13-5-6-15-14(18-13)17-10-12-4-2-8-20-12;3-2(4,5)1(6)7/h1-8H,9-10H2,(H2,15,16,17,18);(H,6,7). The third-order valence-corrected chi connectivity index (χ3v) is 4.68. The van der Waals surface area contributed by atoms with Gasteiger partial charge in [0.05, 0.1) is 13.1 Å². The lowest BCUT2D eigenvalue weighted by atomic mass is 10.4. The Labute approximate surface area is 160 Å². The average molecular weight is 416 g/mol. The van der Waals surface area contributed by atoms with Crippen molar-refractivity contribution in [3.05, 3.63) is 57.0 Å². The summed E-state index contributed by atoms with van der Waals surface area (Å²) in [6.45, 7) is 1.55. The van der Waals surface area contributed by atoms with Crippen LogP contribution in [0.2, 0.25) is 0 Å². The number of carboxylic acid groups (broad SMARTS) is 1. The van der Waals surface area contributed by atoms with Gasteiger partial charge in [-0.2, -0.15) is 18.2 Å². The van der Waals surface area contributed by atoms with Crippen LogP contribution >= 0.6 is 22.7 Å². The summed E-state index contributed by atoms with van der Waals surface area (Å²) in [6, 6.07) is 10.2. The van der Waals surface area contributed by atoms with E-state index in [9.17, 15) is 13.2 Å². The second-order valence-electron chi connectivity index (χ2n) is 4.93. The van der Waals surface area contributed by atoms with Gasteiger partial charge < -0.3 is 15.7 Å². The third-order valence-electron chi connectivity index (χ3n) is 2.92. The Morgan fingerprint density at radius 3 is 2.07 bits per heavy atom. The zero-order valence-electron chi connectivity index (χ0n) is 13.7. The summed E-state index contributed by atoms with van der Waals surface area (Å²) < 4.78 is 31.7. The largest absolute Gasteiger partial charge is 0.490 e. The number of anilines is 2. The van der Waals surface area contributed by atoms with E-state index in [4.69, 9.17) is 9.90 Å². The van der Waals surface area contributed by atoms with E-state index in [1.54, 1.807) is 28.9 Å². The Hall–Kier alpha value is -2.66. The maximum Gasteiger partial charge on any atom is 0.490 e. The number of alkyl halides is 3. The van der Waals surface area contributed by atoms with Gasteiger partial charge in [-0.15, -0.1) is 22.7 Å². The molecule has 0 aliphatic carbocycles. The van der Waals surface area contributed by atoms with Gasteiger partial charge in [-0.1, -0.05) is 12.1 Å². The molecule has 0 radical (unpaired) electrons. The average Bonchev–Trinajstić information content (AvgIpc) is 3.32. The van der Waals surface area contributed by atoms with E-state index in [1.165, 1.54) is 9.75 Å². The van der Waals surface area contributed by atoms with Crippen molar-refractivity contribution in [3.8, 4) is 0 Å². The maximum atomic E-state index is 10.6. The lowest BCUT2D eigenvalue weighted by Gasteiger charge is -2.07. The van der Waals surface area contributed by atoms with Gasteiger partial charge in [-0.25, -0.2) is 9.78 Å². The molecule has 3 rings (SSSR count). The van der Waals surface area contributed by atoms with Crippen LogP contribution in [0.25, 0.3) is 0 Å². The number of nitrogens with zero attached hydrogens (tertiary/aromatic N) is 2. The molecule has 0 fully saturated rings. The predicted octanol–water partition coefficient (Wildman–Crippen LogP) is 4.46. The summed E-state index contributed by atoms with van der Waals surface area (Å²) in [7, 11) is 0. The Balaban J connectivity index is 0.000000321. The van der Waals surface area contributed by atoms with Crippen LogP contribution in [0.1, 0.15) is 9.75 Å². The van der Waals surface area contributed by atoms with Crippen LogP contribution in [0.5, 0.6) is 0 Å². The smallest absolute Gasteiger partial charge is 0.475 e. The Morgan fingerprint density at radius 1 is 1.04 bits per heavy atom. The molecule has 6 nitrogen and oxygen atoms in total. The SMILES string of the molecule is O=C(O)C(F)(F)F.c1csc(CNc2ccnc(NCc3cccs3)n2)c1. The van der Waals surface area contributed by atoms with Crippen LogP contribution in [-0.4, -0.2) is 27.2 Å². The summed E-state index contributed by atoms with van der Waals surface area (Å²) >= 11 is 3.46. The number of aliphatic carboxylic acids is 1. The van der Waals surface area contributed by atoms with Gasteiger partial charge in [0.2, 0.25) is 5.95 Å². The quantitative estimate of drug-likeness (QED) is 0.550. The molecule has 3 aromatic heterocycles. The zero-order valence-corrected chi connectivity index (χ0v) is 15.4. The van der Waals surface area contributed by atoms with Crippen molar-refractivity contribution in [2.24, 2.45) is 0 Å². The highest BCUT2D eigenvalue weighted by atomic mass is 32.1. The molecule has 0 aliphatic heterocycles. The molecule has 0 bridgehead atoms. The highest BCUT2D eigenvalue weighted by Crippen LogP contribution is 2.14. The van der Waals surface area contributed by atoms with Crippen LogP contribution in [0.15, 0.2) is 47.3 Å². The molecule has 0 saturated heterocycles. The molecule has 0 spiro atoms. The second-order valence-corrected chi connectivity index (χ2v) is 7.00. The maximum absolute atomic E-state index is 10.6. The molecule has 0 aliphatic rings. The van der Waals surface area contributed by atoms with E-state index in [1.807, 2.05) is 12.1 Å². The van der Waals surface area contributed by atoms with Gasteiger partial charge in [0.1, 0.15) is 5.82 Å². The fourth-order valence-corrected chi connectivity index (χ4v) is 3.00. The monoisotopic (exact) mass is 416 g/mol. The number of hydrogen-bond donors (Lipinski definition) is 3. The number of halogens is 3. The Bertz CT molecular complexity index is 771. The number of nitrogens with one attached hydrogen (secondary N) is 2. The first-order chi connectivity index (χ1) is 12.8. The highest BCUT2D eigenvalue weighted by Gasteiger charge is 2.38. The Morgan fingerprint density at radius 2 is 1.59 bits per heavy atom. The molecule has 27 heavy (non-hydrogen) atoms. The first kappa shape index (κ1) is 20.6. The fraction of sp³-hybridized carbons (Fsp3) is 0.188. The van der Waals surface area contributed by atoms with E-state index in [0.717, 1.165) is 18.9 Å². The number of rotatable bonds is 6. The topological polar surface area (TPSA) is 87.1 Å². The van der Waals surface area contributed by atoms with E-state index in [-0.39, 0.29) is 0 Å². The van der Waals surface area contributed by atoms with E-state index in [0.29, 0.717) is 5.95 Å². The Kier molecular flexibility index (Phi) is 7.55.